The van der Waals surface area contributed by atoms with Gasteiger partial charge in [0.05, 0.1) is 0 Å². The molecule has 4 nitrogen and oxygen atoms in total. The van der Waals surface area contributed by atoms with Gasteiger partial charge in [-0.1, -0.05) is 0 Å². The SMILES string of the molecule is Cc1cc(C)nc(NC(=O)c2ccncc2)c1. The minimum Gasteiger partial charge on any atom is -0.307 e. The van der Waals surface area contributed by atoms with Crippen molar-refractivity contribution >= 4 is 11.7 Å². The molecule has 2 aromatic heterocycles. The Bertz CT molecular complexity index is 517. The minimum absolute atomic E-state index is 0.176. The molecule has 2 heterocycles. The molecule has 1 N–H and O–H groups in total. The highest BCUT2D eigenvalue weighted by molar-refractivity contribution is 6.03. The average molecular weight is 227 g/mol. The lowest BCUT2D eigenvalue weighted by atomic mass is 10.2. The van der Waals surface area contributed by atoms with Gasteiger partial charge in [0.25, 0.3) is 5.91 Å². The molecule has 0 fully saturated rings. The Labute approximate surface area is 99.7 Å². The molecule has 0 aliphatic rings. The van der Waals surface area contributed by atoms with Crippen molar-refractivity contribution in [1.29, 1.82) is 0 Å². The Balaban J connectivity index is 2.19. The van der Waals surface area contributed by atoms with Crippen LogP contribution in [0.25, 0.3) is 0 Å². The van der Waals surface area contributed by atoms with Gasteiger partial charge in [-0.3, -0.25) is 9.78 Å². The van der Waals surface area contributed by atoms with Crippen LogP contribution in [0.1, 0.15) is 21.6 Å². The van der Waals surface area contributed by atoms with E-state index in [-0.39, 0.29) is 5.91 Å². The molecule has 0 radical (unpaired) electrons. The number of anilines is 1. The largest absolute Gasteiger partial charge is 0.307 e. The van der Waals surface area contributed by atoms with Crippen LogP contribution in [0.2, 0.25) is 0 Å². The number of aromatic nitrogens is 2. The molecule has 0 saturated heterocycles. The van der Waals surface area contributed by atoms with E-state index in [0.29, 0.717) is 11.4 Å². The van der Waals surface area contributed by atoms with Crippen LogP contribution in [-0.2, 0) is 0 Å². The lowest BCUT2D eigenvalue weighted by Gasteiger charge is -2.06. The quantitative estimate of drug-likeness (QED) is 0.856. The van der Waals surface area contributed by atoms with Gasteiger partial charge in [-0.25, -0.2) is 4.98 Å². The van der Waals surface area contributed by atoms with E-state index in [1.165, 1.54) is 0 Å². The fraction of sp³-hybridized carbons (Fsp3) is 0.154. The van der Waals surface area contributed by atoms with Crippen LogP contribution in [-0.4, -0.2) is 15.9 Å². The van der Waals surface area contributed by atoms with E-state index in [4.69, 9.17) is 0 Å². The van der Waals surface area contributed by atoms with E-state index < -0.39 is 0 Å². The number of hydrogen-bond donors (Lipinski definition) is 1. The lowest BCUT2D eigenvalue weighted by molar-refractivity contribution is 0.102. The number of carbonyl (C=O) groups is 1. The zero-order valence-corrected chi connectivity index (χ0v) is 9.77. The maximum atomic E-state index is 11.9. The fourth-order valence-corrected chi connectivity index (χ4v) is 1.60. The second-order valence-corrected chi connectivity index (χ2v) is 3.86. The number of amides is 1. The summed E-state index contributed by atoms with van der Waals surface area (Å²) in [4.78, 5) is 20.0. The summed E-state index contributed by atoms with van der Waals surface area (Å²) in [6, 6.07) is 7.13. The van der Waals surface area contributed by atoms with Crippen LogP contribution < -0.4 is 5.32 Å². The lowest BCUT2D eigenvalue weighted by Crippen LogP contribution is -2.13. The second-order valence-electron chi connectivity index (χ2n) is 3.86. The summed E-state index contributed by atoms with van der Waals surface area (Å²) in [6.07, 6.45) is 3.17. The van der Waals surface area contributed by atoms with Crippen LogP contribution in [0.3, 0.4) is 0 Å². The Kier molecular flexibility index (Phi) is 3.14. The van der Waals surface area contributed by atoms with Crippen molar-refractivity contribution in [3.63, 3.8) is 0 Å². The van der Waals surface area contributed by atoms with Gasteiger partial charge in [-0.15, -0.1) is 0 Å². The third-order valence-electron chi connectivity index (χ3n) is 2.28. The molecule has 0 atom stereocenters. The van der Waals surface area contributed by atoms with E-state index in [2.05, 4.69) is 15.3 Å². The summed E-state index contributed by atoms with van der Waals surface area (Å²) in [5.41, 5.74) is 2.53. The van der Waals surface area contributed by atoms with Crippen molar-refractivity contribution in [2.75, 3.05) is 5.32 Å². The first-order valence-electron chi connectivity index (χ1n) is 5.32. The van der Waals surface area contributed by atoms with E-state index >= 15 is 0 Å². The Hall–Kier alpha value is -2.23. The number of nitrogens with zero attached hydrogens (tertiary/aromatic N) is 2. The molecule has 86 valence electrons. The van der Waals surface area contributed by atoms with E-state index in [0.717, 1.165) is 11.3 Å². The minimum atomic E-state index is -0.176. The molecule has 0 aromatic carbocycles. The normalized spacial score (nSPS) is 10.0. The number of pyridine rings is 2. The Morgan fingerprint density at radius 1 is 1.18 bits per heavy atom. The van der Waals surface area contributed by atoms with E-state index in [1.807, 2.05) is 26.0 Å². The maximum Gasteiger partial charge on any atom is 0.256 e. The second kappa shape index (κ2) is 4.74. The smallest absolute Gasteiger partial charge is 0.256 e. The molecule has 2 aromatic rings. The summed E-state index contributed by atoms with van der Waals surface area (Å²) >= 11 is 0. The van der Waals surface area contributed by atoms with E-state index in [9.17, 15) is 4.79 Å². The van der Waals surface area contributed by atoms with Crippen LogP contribution in [0.4, 0.5) is 5.82 Å². The molecule has 0 aliphatic heterocycles. The van der Waals surface area contributed by atoms with Crippen molar-refractivity contribution in [1.82, 2.24) is 9.97 Å². The Morgan fingerprint density at radius 2 is 1.88 bits per heavy atom. The molecule has 17 heavy (non-hydrogen) atoms. The summed E-state index contributed by atoms with van der Waals surface area (Å²) in [6.45, 7) is 3.87. The van der Waals surface area contributed by atoms with Crippen molar-refractivity contribution in [3.8, 4) is 0 Å². The topological polar surface area (TPSA) is 54.9 Å². The molecule has 2 rings (SSSR count). The van der Waals surface area contributed by atoms with Gasteiger partial charge in [0.15, 0.2) is 0 Å². The highest BCUT2D eigenvalue weighted by Gasteiger charge is 2.06. The van der Waals surface area contributed by atoms with Crippen molar-refractivity contribution in [2.45, 2.75) is 13.8 Å². The predicted octanol–water partition coefficient (Wildman–Crippen LogP) is 2.35. The van der Waals surface area contributed by atoms with Gasteiger partial charge >= 0.3 is 0 Å². The van der Waals surface area contributed by atoms with Gasteiger partial charge in [-0.05, 0) is 43.7 Å². The number of aryl methyl sites for hydroxylation is 2. The number of carbonyl (C=O) groups excluding carboxylic acids is 1. The summed E-state index contributed by atoms with van der Waals surface area (Å²) in [7, 11) is 0. The maximum absolute atomic E-state index is 11.9. The summed E-state index contributed by atoms with van der Waals surface area (Å²) in [5.74, 6) is 0.397. The molecular weight excluding hydrogens is 214 g/mol. The molecule has 0 bridgehead atoms. The van der Waals surface area contributed by atoms with Gasteiger partial charge in [0.2, 0.25) is 0 Å². The van der Waals surface area contributed by atoms with Crippen LogP contribution in [0, 0.1) is 13.8 Å². The zero-order valence-electron chi connectivity index (χ0n) is 9.77. The summed E-state index contributed by atoms with van der Waals surface area (Å²) in [5, 5.41) is 2.76. The molecule has 1 amide bonds. The number of nitrogens with one attached hydrogen (secondary N) is 1. The monoisotopic (exact) mass is 227 g/mol. The van der Waals surface area contributed by atoms with Crippen LogP contribution in [0.5, 0.6) is 0 Å². The molecule has 0 aliphatic carbocycles. The van der Waals surface area contributed by atoms with Crippen molar-refractivity contribution in [3.05, 3.63) is 53.5 Å². The first-order valence-corrected chi connectivity index (χ1v) is 5.32. The van der Waals surface area contributed by atoms with Crippen molar-refractivity contribution in [2.24, 2.45) is 0 Å². The molecule has 4 heteroatoms. The van der Waals surface area contributed by atoms with Crippen LogP contribution >= 0.6 is 0 Å². The number of hydrogen-bond acceptors (Lipinski definition) is 3. The average Bonchev–Trinajstić information content (AvgIpc) is 2.28. The third-order valence-corrected chi connectivity index (χ3v) is 2.28. The van der Waals surface area contributed by atoms with E-state index in [1.54, 1.807) is 24.5 Å². The van der Waals surface area contributed by atoms with Gasteiger partial charge in [0.1, 0.15) is 5.82 Å². The van der Waals surface area contributed by atoms with Crippen molar-refractivity contribution < 1.29 is 4.79 Å². The summed E-state index contributed by atoms with van der Waals surface area (Å²) < 4.78 is 0. The highest BCUT2D eigenvalue weighted by atomic mass is 16.1. The third kappa shape index (κ3) is 2.87. The molecular formula is C13H13N3O. The molecule has 0 unspecified atom stereocenters. The fourth-order valence-electron chi connectivity index (χ4n) is 1.60. The molecule has 0 spiro atoms. The van der Waals surface area contributed by atoms with Gasteiger partial charge < -0.3 is 5.32 Å². The first kappa shape index (κ1) is 11.3. The van der Waals surface area contributed by atoms with Crippen LogP contribution in [0.15, 0.2) is 36.7 Å². The Morgan fingerprint density at radius 3 is 2.53 bits per heavy atom. The first-order chi connectivity index (χ1) is 8.15. The number of rotatable bonds is 2. The highest BCUT2D eigenvalue weighted by Crippen LogP contribution is 2.10. The standard InChI is InChI=1S/C13H13N3O/c1-9-7-10(2)15-12(8-9)16-13(17)11-3-5-14-6-4-11/h3-8H,1-2H3,(H,15,16,17). The zero-order chi connectivity index (χ0) is 12.3. The van der Waals surface area contributed by atoms with Gasteiger partial charge in [-0.2, -0.15) is 0 Å². The molecule has 0 saturated carbocycles. The predicted molar refractivity (Wildman–Crippen MR) is 65.9 cm³/mol. The van der Waals surface area contributed by atoms with Gasteiger partial charge in [0, 0.05) is 23.7 Å².